The van der Waals surface area contributed by atoms with Crippen LogP contribution in [0.4, 0.5) is 15.4 Å². The van der Waals surface area contributed by atoms with Crippen molar-refractivity contribution in [2.24, 2.45) is 17.8 Å². The molecule has 4 fully saturated rings. The molecule has 2 aliphatic carbocycles. The van der Waals surface area contributed by atoms with E-state index in [-0.39, 0.29) is 77.3 Å². The zero-order chi connectivity index (χ0) is 71.3. The highest BCUT2D eigenvalue weighted by Gasteiger charge is 2.35. The van der Waals surface area contributed by atoms with E-state index in [0.29, 0.717) is 110 Å². The van der Waals surface area contributed by atoms with E-state index < -0.39 is 34.3 Å². The number of anilines is 1. The molecule has 2 N–H and O–H groups in total. The second-order valence-corrected chi connectivity index (χ2v) is 28.6. The molecule has 3 heterocycles. The van der Waals surface area contributed by atoms with Crippen LogP contribution < -0.4 is 34.2 Å². The molecule has 0 bridgehead atoms. The minimum Gasteiger partial charge on any atom is -0.497 e. The number of benzene rings is 4. The summed E-state index contributed by atoms with van der Waals surface area (Å²) in [6.45, 7) is 27.4. The third kappa shape index (κ3) is 30.4. The van der Waals surface area contributed by atoms with E-state index in [9.17, 15) is 28.8 Å². The number of aromatic nitrogens is 1. The average molecular weight is 1400 g/mol. The van der Waals surface area contributed by atoms with Gasteiger partial charge in [0.2, 0.25) is 0 Å². The van der Waals surface area contributed by atoms with Crippen molar-refractivity contribution < 1.29 is 76.1 Å². The van der Waals surface area contributed by atoms with Crippen LogP contribution in [-0.2, 0) is 41.8 Å². The molecule has 558 valence electrons. The maximum Gasteiger partial charge on any atom is 0.410 e. The van der Waals surface area contributed by atoms with Crippen molar-refractivity contribution in [3.8, 4) is 51.8 Å². The Hall–Kier alpha value is -9.06. The second kappa shape index (κ2) is 40.4. The van der Waals surface area contributed by atoms with Gasteiger partial charge in [-0.2, -0.15) is 5.26 Å². The third-order valence-corrected chi connectivity index (χ3v) is 15.2. The lowest BCUT2D eigenvalue weighted by atomic mass is 9.86. The summed E-state index contributed by atoms with van der Waals surface area (Å²) >= 11 is 0. The number of ether oxygens (including phenoxy) is 10. The molecule has 2 atom stereocenters. The maximum atomic E-state index is 13.7. The van der Waals surface area contributed by atoms with E-state index in [1.807, 2.05) is 153 Å². The molecule has 1 aromatic heterocycles. The maximum absolute atomic E-state index is 13.7. The van der Waals surface area contributed by atoms with Crippen molar-refractivity contribution in [1.82, 2.24) is 14.8 Å². The topological polar surface area (TPSA) is 264 Å². The van der Waals surface area contributed by atoms with Gasteiger partial charge in [0.05, 0.1) is 44.8 Å². The predicted octanol–water partition coefficient (Wildman–Crippen LogP) is 17.7. The van der Waals surface area contributed by atoms with Gasteiger partial charge in [0, 0.05) is 38.0 Å². The summed E-state index contributed by atoms with van der Waals surface area (Å²) in [7, 11) is 3.27. The van der Waals surface area contributed by atoms with Crippen LogP contribution >= 0.6 is 0 Å². The Morgan fingerprint density at radius 1 is 0.564 bits per heavy atom. The first kappa shape index (κ1) is 88.0. The number of rotatable bonds is 20. The Bertz CT molecular complexity index is 3480. The number of amides is 2. The number of nitrogen functional groups attached to an aromatic ring is 1. The Morgan fingerprint density at radius 2 is 0.990 bits per heavy atom. The molecular weight excluding hydrogens is 1290 g/mol. The SMILES string of the molecule is C.C.C.C.CC(C)(C)OC(=O)CC#N.CC(C)(C)OC(=O)N1CCCC(C=O)C1.COc1ccc(COc2cccc(OCC3CC3)c2-c2cc(C3CCCN(C(=O)OC(C)(C)C)C3)c(C(=O)OC(C)(C)C)c(N)n2)cc1.COc1ccc(COc2cccc(OCC3CC3)c2C(C)=O)cc1. The molecule has 0 radical (unpaired) electrons. The van der Waals surface area contributed by atoms with Crippen LogP contribution in [0.1, 0.15) is 221 Å². The molecule has 2 saturated carbocycles. The van der Waals surface area contributed by atoms with Gasteiger partial charge in [-0.25, -0.2) is 19.4 Å². The van der Waals surface area contributed by atoms with Crippen molar-refractivity contribution in [2.45, 2.75) is 219 Å². The lowest BCUT2D eigenvalue weighted by Crippen LogP contribution is -2.43. The number of carbonyl (C=O) groups excluding carboxylic acids is 6. The standard InChI is InChI=1S/C38H49N3O7.C20H22O4.C11H19NO3.C7H11NO2.4CH4/c1-37(2,3)47-35(42)32-28(26-10-9-19-41(21-26)36(43)48-38(4,5)6)20-29(40-34(32)39)33-30(45-22-24-13-14-24)11-8-12-31(33)46-23-25-15-17-27(44-7)18-16-25;1-14(21)20-18(23-12-15-6-7-15)4-3-5-19(20)24-13-16-8-10-17(22-2)11-9-16;1-11(2,3)15-10(14)12-6-4-5-9(7-12)8-13;1-7(2,3)10-6(9)4-5-8;;;;/h8,11-12,15-18,20,24,26H,9-10,13-14,19,21-23H2,1-7H3,(H2,39,40);3-5,8-11,15H,6-7,12-13H2,1-2H3;8-9H,4-7H2,1-3H3;4H2,1-3H3;4*1H4. The quantitative estimate of drug-likeness (QED) is 0.0328. The Morgan fingerprint density at radius 3 is 1.43 bits per heavy atom. The van der Waals surface area contributed by atoms with Crippen LogP contribution in [0.5, 0.6) is 34.5 Å². The molecule has 2 amide bonds. The minimum atomic E-state index is -0.750. The number of hydrogen-bond acceptors (Lipinski definition) is 19. The monoisotopic (exact) mass is 1400 g/mol. The number of Topliss-reactive ketones (excluding diaryl/α,β-unsaturated/α-hetero) is 1. The van der Waals surface area contributed by atoms with Gasteiger partial charge in [-0.15, -0.1) is 0 Å². The molecular formula is C80H117N5O16. The molecule has 5 aromatic rings. The van der Waals surface area contributed by atoms with Gasteiger partial charge in [-0.1, -0.05) is 66.1 Å². The number of nitrogens with zero attached hydrogens (tertiary/aromatic N) is 4. The normalized spacial score (nSPS) is 15.4. The summed E-state index contributed by atoms with van der Waals surface area (Å²) in [4.78, 5) is 79.9. The largest absolute Gasteiger partial charge is 0.497 e. The zero-order valence-electron chi connectivity index (χ0n) is 59.5. The number of ketones is 1. The van der Waals surface area contributed by atoms with Crippen molar-refractivity contribution in [2.75, 3.05) is 59.3 Å². The summed E-state index contributed by atoms with van der Waals surface area (Å²) in [6, 6.07) is 30.1. The predicted molar refractivity (Wildman–Crippen MR) is 396 cm³/mol. The van der Waals surface area contributed by atoms with E-state index >= 15 is 0 Å². The van der Waals surface area contributed by atoms with Crippen molar-refractivity contribution in [1.29, 1.82) is 5.26 Å². The Labute approximate surface area is 602 Å². The summed E-state index contributed by atoms with van der Waals surface area (Å²) in [5.74, 6) is 3.82. The molecule has 0 spiro atoms. The molecule has 9 rings (SSSR count). The number of likely N-dealkylation sites (tertiary alicyclic amines) is 2. The first-order chi connectivity index (χ1) is 45.7. The second-order valence-electron chi connectivity index (χ2n) is 28.6. The average Bonchev–Trinajstić information content (AvgIpc) is 0.817. The fourth-order valence-corrected chi connectivity index (χ4v) is 10.2. The van der Waals surface area contributed by atoms with Gasteiger partial charge in [0.25, 0.3) is 0 Å². The highest BCUT2D eigenvalue weighted by molar-refractivity contribution is 6.00. The summed E-state index contributed by atoms with van der Waals surface area (Å²) in [6.07, 6.45) is 7.98. The Balaban J connectivity index is 0.000000541. The minimum absolute atomic E-state index is 0. The Kier molecular flexibility index (Phi) is 35.2. The summed E-state index contributed by atoms with van der Waals surface area (Å²) in [5, 5.41) is 8.08. The van der Waals surface area contributed by atoms with Gasteiger partial charge in [0.15, 0.2) is 5.78 Å². The van der Waals surface area contributed by atoms with Gasteiger partial charge in [0.1, 0.15) is 99.8 Å². The molecule has 4 aromatic carbocycles. The lowest BCUT2D eigenvalue weighted by molar-refractivity contribution is -0.153. The number of aldehydes is 1. The number of carbonyl (C=O) groups is 6. The van der Waals surface area contributed by atoms with E-state index in [1.165, 1.54) is 12.8 Å². The highest BCUT2D eigenvalue weighted by atomic mass is 16.6. The van der Waals surface area contributed by atoms with Crippen LogP contribution in [0, 0.1) is 29.1 Å². The van der Waals surface area contributed by atoms with Crippen LogP contribution in [-0.4, -0.2) is 127 Å². The molecule has 101 heavy (non-hydrogen) atoms. The zero-order valence-corrected chi connectivity index (χ0v) is 59.5. The number of piperidine rings is 2. The van der Waals surface area contributed by atoms with Gasteiger partial charge in [-0.05, 0) is 224 Å². The first-order valence-corrected chi connectivity index (χ1v) is 33.3. The fraction of sp³-hybridized carbons (Fsp3) is 0.550. The van der Waals surface area contributed by atoms with E-state index in [4.69, 9.17) is 63.3 Å². The smallest absolute Gasteiger partial charge is 0.410 e. The first-order valence-electron chi connectivity index (χ1n) is 33.3. The molecule has 2 aliphatic heterocycles. The number of esters is 2. The number of hydrogen-bond donors (Lipinski definition) is 1. The number of nitrogens with two attached hydrogens (primary N) is 1. The summed E-state index contributed by atoms with van der Waals surface area (Å²) in [5.41, 5.74) is 8.88. The van der Waals surface area contributed by atoms with E-state index in [0.717, 1.165) is 67.4 Å². The molecule has 4 aliphatic rings. The van der Waals surface area contributed by atoms with Crippen LogP contribution in [0.15, 0.2) is 91.0 Å². The molecule has 21 heteroatoms. The third-order valence-electron chi connectivity index (χ3n) is 15.2. The number of nitriles is 1. The van der Waals surface area contributed by atoms with Crippen LogP contribution in [0.2, 0.25) is 0 Å². The fourth-order valence-electron chi connectivity index (χ4n) is 10.2. The van der Waals surface area contributed by atoms with Gasteiger partial charge in [-0.3, -0.25) is 9.59 Å². The highest BCUT2D eigenvalue weighted by Crippen LogP contribution is 2.43. The van der Waals surface area contributed by atoms with Crippen molar-refractivity contribution in [3.63, 3.8) is 0 Å². The number of pyridine rings is 1. The molecule has 21 nitrogen and oxygen atoms in total. The van der Waals surface area contributed by atoms with E-state index in [2.05, 4.69) is 0 Å². The van der Waals surface area contributed by atoms with E-state index in [1.54, 1.807) is 57.8 Å². The van der Waals surface area contributed by atoms with Crippen LogP contribution in [0.25, 0.3) is 11.3 Å². The summed E-state index contributed by atoms with van der Waals surface area (Å²) < 4.78 is 56.5. The molecule has 2 unspecified atom stereocenters. The van der Waals surface area contributed by atoms with Crippen molar-refractivity contribution in [3.05, 3.63) is 119 Å². The van der Waals surface area contributed by atoms with Gasteiger partial charge < -0.3 is 67.7 Å². The number of methoxy groups -OCH3 is 2. The van der Waals surface area contributed by atoms with Crippen molar-refractivity contribution >= 4 is 42.0 Å². The van der Waals surface area contributed by atoms with Gasteiger partial charge >= 0.3 is 24.1 Å². The molecule has 2 saturated heterocycles. The van der Waals surface area contributed by atoms with Crippen LogP contribution in [0.3, 0.4) is 0 Å². The lowest BCUT2D eigenvalue weighted by Gasteiger charge is -2.35.